The number of thioether (sulfide) groups is 1. The molecule has 0 saturated carbocycles. The van der Waals surface area contributed by atoms with E-state index in [1.165, 1.54) is 28.7 Å². The van der Waals surface area contributed by atoms with Crippen LogP contribution in [0.1, 0.15) is 38.7 Å². The Labute approximate surface area is 179 Å². The number of hydrogen-bond donors (Lipinski definition) is 1. The molecule has 3 rings (SSSR count). The second-order valence-electron chi connectivity index (χ2n) is 7.03. The molecular weight excluding hydrogens is 402 g/mol. The van der Waals surface area contributed by atoms with Gasteiger partial charge in [-0.15, -0.1) is 11.3 Å². The number of carbonyl (C=O) groups is 1. The molecule has 0 fully saturated rings. The van der Waals surface area contributed by atoms with E-state index in [9.17, 15) is 9.59 Å². The molecule has 2 aromatic heterocycles. The summed E-state index contributed by atoms with van der Waals surface area (Å²) >= 11 is 2.82. The summed E-state index contributed by atoms with van der Waals surface area (Å²) in [6.07, 6.45) is 2.85. The van der Waals surface area contributed by atoms with Crippen molar-refractivity contribution < 1.29 is 4.79 Å². The molecule has 1 aromatic carbocycles. The number of unbranched alkanes of at least 4 members (excludes halogenated alkanes) is 1. The summed E-state index contributed by atoms with van der Waals surface area (Å²) in [5, 5.41) is 3.53. The first kappa shape index (κ1) is 21.6. The lowest BCUT2D eigenvalue weighted by Crippen LogP contribution is -2.27. The summed E-state index contributed by atoms with van der Waals surface area (Å²) in [5.41, 5.74) is 2.98. The monoisotopic (exact) mass is 429 g/mol. The van der Waals surface area contributed by atoms with Gasteiger partial charge in [-0.2, -0.15) is 0 Å². The van der Waals surface area contributed by atoms with E-state index in [-0.39, 0.29) is 17.2 Å². The highest BCUT2D eigenvalue weighted by Gasteiger charge is 2.16. The SMILES string of the molecule is CCCCNC(=O)CSc1nc2cc(-c3ccc(C)cc3)sc2c(=O)n1CCC. The number of carbonyl (C=O) groups excluding carboxylic acids is 1. The number of aromatic nitrogens is 2. The topological polar surface area (TPSA) is 64.0 Å². The van der Waals surface area contributed by atoms with Crippen molar-refractivity contribution in [1.82, 2.24) is 14.9 Å². The van der Waals surface area contributed by atoms with Crippen molar-refractivity contribution in [3.63, 3.8) is 0 Å². The van der Waals surface area contributed by atoms with Crippen LogP contribution in [-0.4, -0.2) is 27.8 Å². The Balaban J connectivity index is 1.90. The maximum Gasteiger partial charge on any atom is 0.272 e. The van der Waals surface area contributed by atoms with Gasteiger partial charge in [0, 0.05) is 18.0 Å². The van der Waals surface area contributed by atoms with Crippen molar-refractivity contribution in [2.45, 2.75) is 51.7 Å². The third-order valence-corrected chi connectivity index (χ3v) is 6.70. The Morgan fingerprint density at radius 3 is 2.66 bits per heavy atom. The number of nitrogens with zero attached hydrogens (tertiary/aromatic N) is 2. The average Bonchev–Trinajstić information content (AvgIpc) is 3.14. The fourth-order valence-electron chi connectivity index (χ4n) is 2.97. The predicted octanol–water partition coefficient (Wildman–Crippen LogP) is 4.85. The molecule has 0 bridgehead atoms. The predicted molar refractivity (Wildman–Crippen MR) is 123 cm³/mol. The smallest absolute Gasteiger partial charge is 0.272 e. The first-order valence-electron chi connectivity index (χ1n) is 10.0. The zero-order valence-corrected chi connectivity index (χ0v) is 18.8. The summed E-state index contributed by atoms with van der Waals surface area (Å²) in [6, 6.07) is 10.3. The van der Waals surface area contributed by atoms with Gasteiger partial charge in [0.1, 0.15) is 4.70 Å². The van der Waals surface area contributed by atoms with Crippen LogP contribution in [0.25, 0.3) is 20.7 Å². The quantitative estimate of drug-likeness (QED) is 0.300. The van der Waals surface area contributed by atoms with Crippen molar-refractivity contribution in [3.8, 4) is 10.4 Å². The zero-order valence-electron chi connectivity index (χ0n) is 17.2. The van der Waals surface area contributed by atoms with Gasteiger partial charge in [0.05, 0.1) is 11.3 Å². The molecule has 0 saturated heterocycles. The van der Waals surface area contributed by atoms with E-state index < -0.39 is 0 Å². The van der Waals surface area contributed by atoms with Gasteiger partial charge in [-0.3, -0.25) is 14.2 Å². The summed E-state index contributed by atoms with van der Waals surface area (Å²) in [7, 11) is 0. The molecule has 154 valence electrons. The number of amides is 1. The second-order valence-corrected chi connectivity index (χ2v) is 9.03. The van der Waals surface area contributed by atoms with Crippen LogP contribution >= 0.6 is 23.1 Å². The number of aryl methyl sites for hydroxylation is 1. The lowest BCUT2D eigenvalue weighted by Gasteiger charge is -2.10. The van der Waals surface area contributed by atoms with Crippen LogP contribution < -0.4 is 10.9 Å². The molecule has 1 amide bonds. The number of thiophene rings is 1. The number of benzene rings is 1. The van der Waals surface area contributed by atoms with Gasteiger partial charge < -0.3 is 5.32 Å². The Hall–Kier alpha value is -2.12. The standard InChI is InChI=1S/C22H27N3O2S2/c1-4-6-11-23-19(26)14-28-22-24-17-13-18(16-9-7-15(3)8-10-16)29-20(17)21(27)25(22)12-5-2/h7-10,13H,4-6,11-12,14H2,1-3H3,(H,23,26). The van der Waals surface area contributed by atoms with Crippen LogP contribution in [0.2, 0.25) is 0 Å². The summed E-state index contributed by atoms with van der Waals surface area (Å²) in [4.78, 5) is 31.0. The minimum absolute atomic E-state index is 0.0193. The van der Waals surface area contributed by atoms with Crippen molar-refractivity contribution >= 4 is 39.2 Å². The minimum Gasteiger partial charge on any atom is -0.355 e. The second kappa shape index (κ2) is 10.1. The van der Waals surface area contributed by atoms with E-state index in [1.54, 1.807) is 4.57 Å². The van der Waals surface area contributed by atoms with Gasteiger partial charge in [0.15, 0.2) is 5.16 Å². The molecule has 29 heavy (non-hydrogen) atoms. The summed E-state index contributed by atoms with van der Waals surface area (Å²) in [5.74, 6) is 0.242. The van der Waals surface area contributed by atoms with Gasteiger partial charge in [0.25, 0.3) is 5.56 Å². The first-order chi connectivity index (χ1) is 14.0. The van der Waals surface area contributed by atoms with Crippen LogP contribution in [0.4, 0.5) is 0 Å². The highest BCUT2D eigenvalue weighted by Crippen LogP contribution is 2.32. The summed E-state index contributed by atoms with van der Waals surface area (Å²) < 4.78 is 2.38. The fraction of sp³-hybridized carbons (Fsp3) is 0.409. The first-order valence-corrected chi connectivity index (χ1v) is 11.8. The molecule has 0 unspecified atom stereocenters. The van der Waals surface area contributed by atoms with Crippen LogP contribution in [-0.2, 0) is 11.3 Å². The van der Waals surface area contributed by atoms with Crippen LogP contribution in [0, 0.1) is 6.92 Å². The maximum atomic E-state index is 13.1. The van der Waals surface area contributed by atoms with E-state index in [4.69, 9.17) is 4.98 Å². The fourth-order valence-corrected chi connectivity index (χ4v) is 4.87. The largest absolute Gasteiger partial charge is 0.355 e. The molecule has 0 aliphatic carbocycles. The molecule has 0 atom stereocenters. The molecule has 5 nitrogen and oxygen atoms in total. The van der Waals surface area contributed by atoms with Gasteiger partial charge in [0.2, 0.25) is 5.91 Å². The Bertz CT molecular complexity index is 1040. The molecule has 1 N–H and O–H groups in total. The van der Waals surface area contributed by atoms with E-state index in [1.807, 2.05) is 13.0 Å². The molecule has 3 aromatic rings. The van der Waals surface area contributed by atoms with Gasteiger partial charge in [-0.25, -0.2) is 4.98 Å². The molecule has 0 aliphatic rings. The Kier molecular flexibility index (Phi) is 7.50. The van der Waals surface area contributed by atoms with Gasteiger partial charge >= 0.3 is 0 Å². The Morgan fingerprint density at radius 1 is 1.21 bits per heavy atom. The van der Waals surface area contributed by atoms with E-state index in [0.29, 0.717) is 28.5 Å². The molecule has 2 heterocycles. The minimum atomic E-state index is -0.0218. The number of fused-ring (bicyclic) bond motifs is 1. The number of rotatable bonds is 9. The maximum absolute atomic E-state index is 13.1. The van der Waals surface area contributed by atoms with E-state index >= 15 is 0 Å². The molecular formula is C22H27N3O2S2. The molecule has 0 spiro atoms. The van der Waals surface area contributed by atoms with Crippen molar-refractivity contribution in [3.05, 3.63) is 46.2 Å². The highest BCUT2D eigenvalue weighted by molar-refractivity contribution is 7.99. The lowest BCUT2D eigenvalue weighted by molar-refractivity contribution is -0.118. The number of hydrogen-bond acceptors (Lipinski definition) is 5. The van der Waals surface area contributed by atoms with Crippen LogP contribution in [0.3, 0.4) is 0 Å². The van der Waals surface area contributed by atoms with Crippen molar-refractivity contribution in [2.24, 2.45) is 0 Å². The lowest BCUT2D eigenvalue weighted by atomic mass is 10.1. The number of nitrogens with one attached hydrogen (secondary N) is 1. The van der Waals surface area contributed by atoms with Crippen LogP contribution in [0.5, 0.6) is 0 Å². The molecule has 0 radical (unpaired) electrons. The molecule has 7 heteroatoms. The zero-order chi connectivity index (χ0) is 20.8. The normalized spacial score (nSPS) is 11.1. The van der Waals surface area contributed by atoms with Crippen molar-refractivity contribution in [2.75, 3.05) is 12.3 Å². The van der Waals surface area contributed by atoms with Gasteiger partial charge in [-0.05, 0) is 31.4 Å². The molecule has 0 aliphatic heterocycles. The third kappa shape index (κ3) is 5.28. The average molecular weight is 430 g/mol. The van der Waals surface area contributed by atoms with E-state index in [0.717, 1.165) is 29.7 Å². The van der Waals surface area contributed by atoms with Crippen molar-refractivity contribution in [1.29, 1.82) is 0 Å². The van der Waals surface area contributed by atoms with Gasteiger partial charge in [-0.1, -0.05) is 61.9 Å². The summed E-state index contributed by atoms with van der Waals surface area (Å²) in [6.45, 7) is 7.47. The Morgan fingerprint density at radius 2 is 1.97 bits per heavy atom. The van der Waals surface area contributed by atoms with Crippen LogP contribution in [0.15, 0.2) is 40.3 Å². The third-order valence-electron chi connectivity index (χ3n) is 4.57. The highest BCUT2D eigenvalue weighted by atomic mass is 32.2. The van der Waals surface area contributed by atoms with E-state index in [2.05, 4.69) is 43.4 Å².